The van der Waals surface area contributed by atoms with Crippen molar-refractivity contribution >= 4 is 0 Å². The van der Waals surface area contributed by atoms with Crippen LogP contribution in [0.25, 0.3) is 0 Å². The molecule has 4 unspecified atom stereocenters. The number of fused-ring (bicyclic) bond motifs is 2. The lowest BCUT2D eigenvalue weighted by Crippen LogP contribution is -2.24. The minimum atomic E-state index is 0.342. The van der Waals surface area contributed by atoms with E-state index in [4.69, 9.17) is 10.2 Å². The standard InChI is InChI=1S/C13H24O2/c1-9(2-4-14)13-8-11-7-12(13)6-10(11)3-5-15/h9-15H,2-8H2,1H3/t9?,10?,11?,12-,13?/m1/s1. The normalized spacial score (nSPS) is 41.0. The Morgan fingerprint density at radius 1 is 1.07 bits per heavy atom. The highest BCUT2D eigenvalue weighted by Crippen LogP contribution is 2.55. The number of aliphatic hydroxyl groups excluding tert-OH is 2. The van der Waals surface area contributed by atoms with Gasteiger partial charge in [-0.15, -0.1) is 0 Å². The van der Waals surface area contributed by atoms with Gasteiger partial charge in [0.2, 0.25) is 0 Å². The highest BCUT2D eigenvalue weighted by Gasteiger charge is 2.46. The molecule has 0 aromatic rings. The SMILES string of the molecule is CC(CCO)C1CC2C[C@H]1CC2CCO. The second kappa shape index (κ2) is 4.84. The van der Waals surface area contributed by atoms with Crippen LogP contribution in [-0.2, 0) is 0 Å². The van der Waals surface area contributed by atoms with E-state index in [-0.39, 0.29) is 0 Å². The highest BCUT2D eigenvalue weighted by atomic mass is 16.3. The van der Waals surface area contributed by atoms with Crippen molar-refractivity contribution in [1.29, 1.82) is 0 Å². The van der Waals surface area contributed by atoms with Crippen molar-refractivity contribution in [3.63, 3.8) is 0 Å². The molecule has 0 spiro atoms. The predicted molar refractivity (Wildman–Crippen MR) is 60.4 cm³/mol. The molecule has 0 heterocycles. The molecule has 2 nitrogen and oxygen atoms in total. The molecule has 2 heteroatoms. The van der Waals surface area contributed by atoms with Crippen LogP contribution in [0, 0.1) is 29.6 Å². The van der Waals surface area contributed by atoms with E-state index < -0.39 is 0 Å². The largest absolute Gasteiger partial charge is 0.396 e. The fourth-order valence-electron chi connectivity index (χ4n) is 4.07. The average molecular weight is 212 g/mol. The molecule has 2 saturated carbocycles. The van der Waals surface area contributed by atoms with Crippen LogP contribution < -0.4 is 0 Å². The van der Waals surface area contributed by atoms with Crippen molar-refractivity contribution in [3.8, 4) is 0 Å². The Hall–Kier alpha value is -0.0800. The first-order chi connectivity index (χ1) is 7.26. The molecular weight excluding hydrogens is 188 g/mol. The molecule has 2 rings (SSSR count). The summed E-state index contributed by atoms with van der Waals surface area (Å²) in [5.74, 6) is 4.14. The molecule has 0 radical (unpaired) electrons. The lowest BCUT2D eigenvalue weighted by atomic mass is 9.74. The predicted octanol–water partition coefficient (Wildman–Crippen LogP) is 2.05. The molecule has 2 fully saturated rings. The molecule has 0 aliphatic heterocycles. The first-order valence-corrected chi connectivity index (χ1v) is 6.48. The molecule has 0 saturated heterocycles. The van der Waals surface area contributed by atoms with Crippen LogP contribution in [0.5, 0.6) is 0 Å². The maximum atomic E-state index is 8.98. The molecule has 0 amide bonds. The van der Waals surface area contributed by atoms with Gasteiger partial charge in [0.1, 0.15) is 0 Å². The topological polar surface area (TPSA) is 40.5 Å². The van der Waals surface area contributed by atoms with Crippen molar-refractivity contribution in [2.75, 3.05) is 13.2 Å². The lowest BCUT2D eigenvalue weighted by Gasteiger charge is -2.31. The Morgan fingerprint density at radius 2 is 1.87 bits per heavy atom. The van der Waals surface area contributed by atoms with Gasteiger partial charge < -0.3 is 10.2 Å². The zero-order valence-electron chi connectivity index (χ0n) is 9.73. The summed E-state index contributed by atoms with van der Waals surface area (Å²) in [6.07, 6.45) is 6.08. The maximum Gasteiger partial charge on any atom is 0.0433 e. The van der Waals surface area contributed by atoms with E-state index >= 15 is 0 Å². The van der Waals surface area contributed by atoms with Gasteiger partial charge in [0.25, 0.3) is 0 Å². The van der Waals surface area contributed by atoms with Crippen LogP contribution in [0.1, 0.15) is 39.0 Å². The molecule has 2 aliphatic rings. The van der Waals surface area contributed by atoms with E-state index in [0.29, 0.717) is 19.1 Å². The molecule has 2 bridgehead atoms. The minimum absolute atomic E-state index is 0.342. The Labute approximate surface area is 92.7 Å². The van der Waals surface area contributed by atoms with Gasteiger partial charge in [-0.25, -0.2) is 0 Å². The highest BCUT2D eigenvalue weighted by molar-refractivity contribution is 4.96. The lowest BCUT2D eigenvalue weighted by molar-refractivity contribution is 0.148. The molecule has 0 aromatic carbocycles. The monoisotopic (exact) mass is 212 g/mol. The molecule has 2 N–H and O–H groups in total. The average Bonchev–Trinajstić information content (AvgIpc) is 2.77. The van der Waals surface area contributed by atoms with Gasteiger partial charge >= 0.3 is 0 Å². The van der Waals surface area contributed by atoms with Crippen molar-refractivity contribution in [3.05, 3.63) is 0 Å². The fraction of sp³-hybridized carbons (Fsp3) is 1.00. The summed E-state index contributed by atoms with van der Waals surface area (Å²) in [7, 11) is 0. The second-order valence-electron chi connectivity index (χ2n) is 5.65. The summed E-state index contributed by atoms with van der Waals surface area (Å²) in [5.41, 5.74) is 0. The van der Waals surface area contributed by atoms with Gasteiger partial charge in [-0.3, -0.25) is 0 Å². The summed E-state index contributed by atoms with van der Waals surface area (Å²) >= 11 is 0. The maximum absolute atomic E-state index is 8.98. The number of hydrogen-bond donors (Lipinski definition) is 2. The molecule has 0 aromatic heterocycles. The second-order valence-corrected chi connectivity index (χ2v) is 5.65. The van der Waals surface area contributed by atoms with Gasteiger partial charge in [-0.05, 0) is 61.7 Å². The van der Waals surface area contributed by atoms with Gasteiger partial charge in [0.05, 0.1) is 0 Å². The van der Waals surface area contributed by atoms with Crippen molar-refractivity contribution in [2.45, 2.75) is 39.0 Å². The van der Waals surface area contributed by atoms with E-state index in [1.165, 1.54) is 19.3 Å². The Balaban J connectivity index is 1.85. The van der Waals surface area contributed by atoms with Gasteiger partial charge in [0.15, 0.2) is 0 Å². The van der Waals surface area contributed by atoms with Crippen LogP contribution in [-0.4, -0.2) is 23.4 Å². The first-order valence-electron chi connectivity index (χ1n) is 6.48. The van der Waals surface area contributed by atoms with E-state index in [1.807, 2.05) is 0 Å². The number of aliphatic hydroxyl groups is 2. The van der Waals surface area contributed by atoms with Gasteiger partial charge in [-0.1, -0.05) is 6.92 Å². The summed E-state index contributed by atoms with van der Waals surface area (Å²) in [5, 5.41) is 18.0. The summed E-state index contributed by atoms with van der Waals surface area (Å²) < 4.78 is 0. The van der Waals surface area contributed by atoms with Crippen LogP contribution >= 0.6 is 0 Å². The summed E-state index contributed by atoms with van der Waals surface area (Å²) in [6.45, 7) is 3.00. The van der Waals surface area contributed by atoms with Crippen LogP contribution in [0.4, 0.5) is 0 Å². The minimum Gasteiger partial charge on any atom is -0.396 e. The zero-order valence-corrected chi connectivity index (χ0v) is 9.73. The zero-order chi connectivity index (χ0) is 10.8. The Kier molecular flexibility index (Phi) is 3.68. The third-order valence-corrected chi connectivity index (χ3v) is 4.87. The van der Waals surface area contributed by atoms with Crippen LogP contribution in [0.2, 0.25) is 0 Å². The van der Waals surface area contributed by atoms with Gasteiger partial charge in [0, 0.05) is 13.2 Å². The third kappa shape index (κ3) is 2.21. The molecule has 2 aliphatic carbocycles. The first kappa shape index (κ1) is 11.4. The summed E-state index contributed by atoms with van der Waals surface area (Å²) in [6, 6.07) is 0. The van der Waals surface area contributed by atoms with Crippen LogP contribution in [0.15, 0.2) is 0 Å². The van der Waals surface area contributed by atoms with Crippen molar-refractivity contribution in [2.24, 2.45) is 29.6 Å². The molecule has 5 atom stereocenters. The number of rotatable bonds is 5. The van der Waals surface area contributed by atoms with E-state index in [2.05, 4.69) is 6.92 Å². The summed E-state index contributed by atoms with van der Waals surface area (Å²) in [4.78, 5) is 0. The van der Waals surface area contributed by atoms with Crippen molar-refractivity contribution < 1.29 is 10.2 Å². The number of hydrogen-bond acceptors (Lipinski definition) is 2. The fourth-order valence-corrected chi connectivity index (χ4v) is 4.07. The van der Waals surface area contributed by atoms with E-state index in [1.54, 1.807) is 0 Å². The molecular formula is C13H24O2. The molecule has 88 valence electrons. The van der Waals surface area contributed by atoms with E-state index in [9.17, 15) is 0 Å². The Morgan fingerprint density at radius 3 is 2.40 bits per heavy atom. The van der Waals surface area contributed by atoms with Gasteiger partial charge in [-0.2, -0.15) is 0 Å². The smallest absolute Gasteiger partial charge is 0.0433 e. The van der Waals surface area contributed by atoms with Crippen molar-refractivity contribution in [1.82, 2.24) is 0 Å². The third-order valence-electron chi connectivity index (χ3n) is 4.87. The quantitative estimate of drug-likeness (QED) is 0.732. The van der Waals surface area contributed by atoms with E-state index in [0.717, 1.165) is 36.5 Å². The van der Waals surface area contributed by atoms with Crippen LogP contribution in [0.3, 0.4) is 0 Å². The Bertz CT molecular complexity index is 205. The molecule has 15 heavy (non-hydrogen) atoms.